The summed E-state index contributed by atoms with van der Waals surface area (Å²) in [7, 11) is 1.47. The molecule has 1 saturated heterocycles. The van der Waals surface area contributed by atoms with Gasteiger partial charge in [-0.25, -0.2) is 0 Å². The van der Waals surface area contributed by atoms with Crippen molar-refractivity contribution in [3.63, 3.8) is 0 Å². The third-order valence-corrected chi connectivity index (χ3v) is 8.10. The summed E-state index contributed by atoms with van der Waals surface area (Å²) in [6.45, 7) is -0.562. The molecule has 4 heterocycles. The first-order valence-electron chi connectivity index (χ1n) is 12.2. The van der Waals surface area contributed by atoms with E-state index in [0.717, 1.165) is 21.4 Å². The Morgan fingerprint density at radius 2 is 1.84 bits per heavy atom. The average molecular weight is 504 g/mol. The molecular weight excluding hydrogens is 478 g/mol. The van der Waals surface area contributed by atoms with Gasteiger partial charge < -0.3 is 35.0 Å². The molecule has 1 aromatic heterocycles. The fraction of sp³-hybridized carbons (Fsp3) is 0.333. The molecule has 1 aromatic carbocycles. The van der Waals surface area contributed by atoms with Crippen LogP contribution in [0.25, 0.3) is 22.6 Å². The minimum Gasteiger partial charge on any atom is -0.394 e. The van der Waals surface area contributed by atoms with E-state index in [1.807, 2.05) is 42.5 Å². The van der Waals surface area contributed by atoms with Crippen molar-refractivity contribution in [1.29, 1.82) is 0 Å². The molecule has 2 amide bonds. The number of rotatable bonds is 2. The molecule has 10 heteroatoms. The van der Waals surface area contributed by atoms with E-state index in [0.29, 0.717) is 39.4 Å². The van der Waals surface area contributed by atoms with E-state index >= 15 is 0 Å². The number of aliphatic hydroxyl groups is 4. The van der Waals surface area contributed by atoms with Gasteiger partial charge in [-0.1, -0.05) is 36.5 Å². The van der Waals surface area contributed by atoms with Crippen LogP contribution in [0.4, 0.5) is 5.69 Å². The number of aromatic nitrogens is 1. The topological polar surface area (TPSA) is 147 Å². The van der Waals surface area contributed by atoms with Crippen LogP contribution in [0.1, 0.15) is 26.3 Å². The number of amides is 2. The monoisotopic (exact) mass is 503 g/mol. The number of benzene rings is 1. The summed E-state index contributed by atoms with van der Waals surface area (Å²) in [5.41, 5.74) is 3.49. The van der Waals surface area contributed by atoms with Gasteiger partial charge in [-0.3, -0.25) is 14.5 Å². The van der Waals surface area contributed by atoms with Crippen LogP contribution in [-0.2, 0) is 11.2 Å². The molecule has 10 nitrogen and oxygen atoms in total. The molecule has 190 valence electrons. The Labute approximate surface area is 210 Å². The van der Waals surface area contributed by atoms with Crippen molar-refractivity contribution in [2.45, 2.75) is 43.1 Å². The maximum Gasteiger partial charge on any atom is 0.262 e. The molecule has 6 unspecified atom stereocenters. The number of aliphatic hydroxyl groups excluding tert-OH is 4. The fourth-order valence-electron chi connectivity index (χ4n) is 6.35. The zero-order valence-electron chi connectivity index (χ0n) is 19.8. The number of hydrogen-bond acceptors (Lipinski definition) is 8. The Morgan fingerprint density at radius 1 is 1.05 bits per heavy atom. The summed E-state index contributed by atoms with van der Waals surface area (Å²) in [5, 5.41) is 44.0. The van der Waals surface area contributed by atoms with E-state index in [1.54, 1.807) is 4.90 Å². The SMILES string of the molecule is CN1C(=O)c2c(c3c4c([nH]c3c3c2=C2C=CC=CC2N3C2OC(CO)C(O)C(O)C2O)=CC=CC4)C1=O. The lowest BCUT2D eigenvalue weighted by Crippen LogP contribution is -2.64. The van der Waals surface area contributed by atoms with Gasteiger partial charge >= 0.3 is 0 Å². The minimum atomic E-state index is -1.57. The number of H-pyrrole nitrogens is 1. The largest absolute Gasteiger partial charge is 0.394 e. The highest BCUT2D eigenvalue weighted by Gasteiger charge is 2.51. The van der Waals surface area contributed by atoms with Crippen molar-refractivity contribution >= 4 is 40.1 Å². The van der Waals surface area contributed by atoms with Crippen molar-refractivity contribution in [1.82, 2.24) is 9.88 Å². The number of nitrogens with zero attached hydrogens (tertiary/aromatic N) is 2. The van der Waals surface area contributed by atoms with E-state index in [-0.39, 0.29) is 5.91 Å². The van der Waals surface area contributed by atoms with Gasteiger partial charge in [0, 0.05) is 23.0 Å². The number of allylic oxidation sites excluding steroid dienone is 4. The third kappa shape index (κ3) is 2.76. The Balaban J connectivity index is 1.59. The Kier molecular flexibility index (Phi) is 4.73. The highest BCUT2D eigenvalue weighted by molar-refractivity contribution is 6.29. The van der Waals surface area contributed by atoms with Crippen LogP contribution in [0, 0.1) is 0 Å². The Morgan fingerprint density at radius 3 is 2.62 bits per heavy atom. The van der Waals surface area contributed by atoms with Crippen molar-refractivity contribution in [2.75, 3.05) is 18.6 Å². The second-order valence-electron chi connectivity index (χ2n) is 9.98. The van der Waals surface area contributed by atoms with Gasteiger partial charge in [-0.15, -0.1) is 0 Å². The molecule has 2 aliphatic carbocycles. The average Bonchev–Trinajstić information content (AvgIpc) is 3.53. The number of anilines is 1. The predicted molar refractivity (Wildman–Crippen MR) is 133 cm³/mol. The molecule has 5 N–H and O–H groups in total. The summed E-state index contributed by atoms with van der Waals surface area (Å²) in [6.07, 6.45) is 6.95. The molecule has 2 aromatic rings. The highest BCUT2D eigenvalue weighted by Crippen LogP contribution is 2.43. The number of carbonyl (C=O) groups excluding carboxylic acids is 2. The quantitative estimate of drug-likeness (QED) is 0.313. The van der Waals surface area contributed by atoms with Crippen LogP contribution in [0.2, 0.25) is 0 Å². The van der Waals surface area contributed by atoms with Crippen LogP contribution < -0.4 is 15.5 Å². The Bertz CT molecular complexity index is 1610. The molecule has 0 bridgehead atoms. The molecule has 0 spiro atoms. The van der Waals surface area contributed by atoms with Crippen molar-refractivity contribution in [3.05, 3.63) is 63.7 Å². The number of imide groups is 1. The fourth-order valence-corrected chi connectivity index (χ4v) is 6.35. The van der Waals surface area contributed by atoms with E-state index in [1.165, 1.54) is 7.05 Å². The number of aromatic amines is 1. The number of carbonyl (C=O) groups is 2. The van der Waals surface area contributed by atoms with Gasteiger partial charge in [0.05, 0.1) is 35.0 Å². The minimum absolute atomic E-state index is 0.304. The van der Waals surface area contributed by atoms with E-state index < -0.39 is 49.2 Å². The van der Waals surface area contributed by atoms with Gasteiger partial charge in [-0.05, 0) is 23.6 Å². The Hall–Kier alpha value is -3.54. The van der Waals surface area contributed by atoms with Crippen LogP contribution in [-0.4, -0.2) is 92.5 Å². The summed E-state index contributed by atoms with van der Waals surface area (Å²) in [5.74, 6) is -0.781. The smallest absolute Gasteiger partial charge is 0.262 e. The lowest BCUT2D eigenvalue weighted by atomic mass is 9.94. The maximum absolute atomic E-state index is 13.5. The van der Waals surface area contributed by atoms with Gasteiger partial charge in [0.1, 0.15) is 24.4 Å². The first-order chi connectivity index (χ1) is 17.8. The standard InChI is InChI=1S/C27H25N3O7/c1-29-25(35)18-16-11-6-2-4-8-13(11)28-20(16)21-17(19(18)26(29)36)12-7-3-5-9-14(12)30(21)27-24(34)23(33)22(32)15(10-31)37-27/h2-5,7-9,14-15,22-24,27-28,31-34H,6,10H2,1H3. The summed E-state index contributed by atoms with van der Waals surface area (Å²) >= 11 is 0. The zero-order chi connectivity index (χ0) is 25.7. The normalized spacial score (nSPS) is 31.6. The van der Waals surface area contributed by atoms with Crippen molar-refractivity contribution in [2.24, 2.45) is 0 Å². The molecule has 3 aliphatic heterocycles. The lowest BCUT2D eigenvalue weighted by Gasteiger charge is -2.46. The zero-order valence-corrected chi connectivity index (χ0v) is 19.8. The molecule has 6 atom stereocenters. The third-order valence-electron chi connectivity index (χ3n) is 8.10. The summed E-state index contributed by atoms with van der Waals surface area (Å²) in [6, 6.07) is -0.493. The van der Waals surface area contributed by atoms with E-state index in [4.69, 9.17) is 4.74 Å². The van der Waals surface area contributed by atoms with Crippen molar-refractivity contribution < 1.29 is 34.8 Å². The summed E-state index contributed by atoms with van der Waals surface area (Å²) in [4.78, 5) is 33.3. The van der Waals surface area contributed by atoms with Gasteiger partial charge in [0.25, 0.3) is 11.8 Å². The van der Waals surface area contributed by atoms with E-state index in [9.17, 15) is 30.0 Å². The van der Waals surface area contributed by atoms with Crippen molar-refractivity contribution in [3.8, 4) is 0 Å². The predicted octanol–water partition coefficient (Wildman–Crippen LogP) is -1.45. The first kappa shape index (κ1) is 22.6. The van der Waals surface area contributed by atoms with Gasteiger partial charge in [-0.2, -0.15) is 0 Å². The van der Waals surface area contributed by atoms with Crippen LogP contribution >= 0.6 is 0 Å². The van der Waals surface area contributed by atoms with Crippen LogP contribution in [0.15, 0.2) is 36.5 Å². The highest BCUT2D eigenvalue weighted by atomic mass is 16.6. The molecule has 0 saturated carbocycles. The van der Waals surface area contributed by atoms with E-state index in [2.05, 4.69) is 4.98 Å². The lowest BCUT2D eigenvalue weighted by molar-refractivity contribution is -0.228. The second kappa shape index (κ2) is 7.73. The molecule has 1 fully saturated rings. The molecule has 37 heavy (non-hydrogen) atoms. The second-order valence-corrected chi connectivity index (χ2v) is 9.98. The number of ether oxygens (including phenoxy) is 1. The van der Waals surface area contributed by atoms with Crippen LogP contribution in [0.5, 0.6) is 0 Å². The van der Waals surface area contributed by atoms with Gasteiger partial charge in [0.2, 0.25) is 0 Å². The maximum atomic E-state index is 13.5. The molecule has 0 radical (unpaired) electrons. The van der Waals surface area contributed by atoms with Crippen LogP contribution in [0.3, 0.4) is 0 Å². The number of fused-ring (bicyclic) bond motifs is 9. The summed E-state index contributed by atoms with van der Waals surface area (Å²) < 4.78 is 6.01. The first-order valence-corrected chi connectivity index (χ1v) is 12.2. The molecule has 5 aliphatic rings. The van der Waals surface area contributed by atoms with Gasteiger partial charge in [0.15, 0.2) is 6.23 Å². The number of hydrogen-bond donors (Lipinski definition) is 5. The molecule has 7 rings (SSSR count). The number of nitrogens with one attached hydrogen (secondary N) is 1. The molecular formula is C27H25N3O7.